The van der Waals surface area contributed by atoms with Gasteiger partial charge in [0.05, 0.1) is 22.4 Å². The second kappa shape index (κ2) is 8.96. The first kappa shape index (κ1) is 20.9. The summed E-state index contributed by atoms with van der Waals surface area (Å²) < 4.78 is 32.7. The van der Waals surface area contributed by atoms with Crippen LogP contribution in [0, 0.1) is 6.92 Å². The van der Waals surface area contributed by atoms with Gasteiger partial charge in [-0.1, -0.05) is 17.7 Å². The molecule has 0 aliphatic carbocycles. The van der Waals surface area contributed by atoms with Crippen molar-refractivity contribution >= 4 is 38.9 Å². The molecule has 0 bridgehead atoms. The number of hydrogen-bond donors (Lipinski definition) is 1. The molecule has 2 aromatic rings. The molecule has 1 aromatic heterocycles. The molecule has 0 saturated carbocycles. The summed E-state index contributed by atoms with van der Waals surface area (Å²) in [5.41, 5.74) is 1.06. The number of methoxy groups -OCH3 is 1. The normalized spacial score (nSPS) is 11.5. The zero-order valence-electron chi connectivity index (χ0n) is 14.8. The van der Waals surface area contributed by atoms with Crippen molar-refractivity contribution in [1.82, 2.24) is 9.62 Å². The van der Waals surface area contributed by atoms with Gasteiger partial charge < -0.3 is 9.64 Å². The fourth-order valence-corrected chi connectivity index (χ4v) is 4.49. The second-order valence-electron chi connectivity index (χ2n) is 5.73. The number of amides is 1. The zero-order valence-corrected chi connectivity index (χ0v) is 17.2. The van der Waals surface area contributed by atoms with Gasteiger partial charge in [-0.15, -0.1) is 11.3 Å². The molecule has 26 heavy (non-hydrogen) atoms. The maximum atomic E-state index is 12.8. The number of carbonyl (C=O) groups is 1. The predicted molar refractivity (Wildman–Crippen MR) is 103 cm³/mol. The number of nitrogens with zero attached hydrogens (tertiary/aromatic N) is 1. The molecule has 1 aromatic carbocycles. The monoisotopic (exact) mass is 416 g/mol. The highest BCUT2D eigenvalue weighted by atomic mass is 35.5. The van der Waals surface area contributed by atoms with Gasteiger partial charge in [0.15, 0.2) is 0 Å². The van der Waals surface area contributed by atoms with Crippen LogP contribution < -0.4 is 4.72 Å². The van der Waals surface area contributed by atoms with Crippen LogP contribution in [0.3, 0.4) is 0 Å². The molecule has 9 heteroatoms. The Morgan fingerprint density at radius 1 is 1.31 bits per heavy atom. The van der Waals surface area contributed by atoms with E-state index >= 15 is 0 Å². The van der Waals surface area contributed by atoms with Crippen molar-refractivity contribution in [2.75, 3.05) is 27.3 Å². The standard InChI is InChI=1S/C17H21ClN2O4S2/c1-12-4-6-14(26(22,23)19-8-9-24-3)10-15(12)17(21)20(2)11-13-5-7-16(18)25-13/h4-7,10,19H,8-9,11H2,1-3H3. The first-order chi connectivity index (χ1) is 12.2. The number of benzene rings is 1. The van der Waals surface area contributed by atoms with Crippen molar-refractivity contribution in [2.24, 2.45) is 0 Å². The molecule has 0 fully saturated rings. The summed E-state index contributed by atoms with van der Waals surface area (Å²) in [7, 11) is -0.535. The van der Waals surface area contributed by atoms with Crippen molar-refractivity contribution in [1.29, 1.82) is 0 Å². The highest BCUT2D eigenvalue weighted by molar-refractivity contribution is 7.89. The van der Waals surface area contributed by atoms with E-state index in [4.69, 9.17) is 16.3 Å². The predicted octanol–water partition coefficient (Wildman–Crippen LogP) is 2.91. The Morgan fingerprint density at radius 2 is 2.04 bits per heavy atom. The second-order valence-corrected chi connectivity index (χ2v) is 9.30. The van der Waals surface area contributed by atoms with E-state index < -0.39 is 10.0 Å². The summed E-state index contributed by atoms with van der Waals surface area (Å²) >= 11 is 7.33. The fraction of sp³-hybridized carbons (Fsp3) is 0.353. The van der Waals surface area contributed by atoms with Gasteiger partial charge in [-0.2, -0.15) is 0 Å². The fourth-order valence-electron chi connectivity index (χ4n) is 2.31. The lowest BCUT2D eigenvalue weighted by atomic mass is 10.1. The Labute approximate surface area is 162 Å². The molecule has 6 nitrogen and oxygen atoms in total. The number of aryl methyl sites for hydroxylation is 1. The average molecular weight is 417 g/mol. The SMILES string of the molecule is COCCNS(=O)(=O)c1ccc(C)c(C(=O)N(C)Cc2ccc(Cl)s2)c1. The van der Waals surface area contributed by atoms with Gasteiger partial charge in [0.2, 0.25) is 10.0 Å². The number of rotatable bonds is 8. The van der Waals surface area contributed by atoms with Crippen molar-refractivity contribution in [3.63, 3.8) is 0 Å². The van der Waals surface area contributed by atoms with Crippen molar-refractivity contribution in [3.05, 3.63) is 50.7 Å². The molecule has 2 rings (SSSR count). The minimum Gasteiger partial charge on any atom is -0.383 e. The Balaban J connectivity index is 2.21. The molecular formula is C17H21ClN2O4S2. The Hall–Kier alpha value is -1.45. The van der Waals surface area contributed by atoms with Gasteiger partial charge >= 0.3 is 0 Å². The Bertz CT molecular complexity index is 881. The highest BCUT2D eigenvalue weighted by Gasteiger charge is 2.20. The van der Waals surface area contributed by atoms with E-state index in [1.165, 1.54) is 30.6 Å². The number of ether oxygens (including phenoxy) is 1. The van der Waals surface area contributed by atoms with Crippen LogP contribution in [-0.4, -0.2) is 46.5 Å². The maximum absolute atomic E-state index is 12.8. The van der Waals surface area contributed by atoms with Gasteiger partial charge in [-0.05, 0) is 36.8 Å². The number of halogens is 1. The van der Waals surface area contributed by atoms with Gasteiger partial charge in [-0.3, -0.25) is 4.79 Å². The highest BCUT2D eigenvalue weighted by Crippen LogP contribution is 2.23. The van der Waals surface area contributed by atoms with Crippen LogP contribution in [0.2, 0.25) is 4.34 Å². The average Bonchev–Trinajstić information content (AvgIpc) is 2.99. The van der Waals surface area contributed by atoms with E-state index in [1.54, 1.807) is 31.0 Å². The van der Waals surface area contributed by atoms with Gasteiger partial charge in [0.25, 0.3) is 5.91 Å². The lowest BCUT2D eigenvalue weighted by Crippen LogP contribution is -2.29. The molecule has 0 aliphatic rings. The lowest BCUT2D eigenvalue weighted by Gasteiger charge is -2.18. The van der Waals surface area contributed by atoms with E-state index in [2.05, 4.69) is 4.72 Å². The van der Waals surface area contributed by atoms with E-state index in [1.807, 2.05) is 6.07 Å². The molecule has 0 aliphatic heterocycles. The summed E-state index contributed by atoms with van der Waals surface area (Å²) in [5.74, 6) is -0.249. The summed E-state index contributed by atoms with van der Waals surface area (Å²) in [6.07, 6.45) is 0. The molecule has 0 spiro atoms. The van der Waals surface area contributed by atoms with Crippen molar-refractivity contribution < 1.29 is 17.9 Å². The van der Waals surface area contributed by atoms with Crippen LogP contribution in [0.25, 0.3) is 0 Å². The van der Waals surface area contributed by atoms with Gasteiger partial charge in [-0.25, -0.2) is 13.1 Å². The Kier molecular flexibility index (Phi) is 7.19. The third-order valence-electron chi connectivity index (χ3n) is 3.72. The van der Waals surface area contributed by atoms with Gasteiger partial charge in [0, 0.05) is 31.1 Å². The third kappa shape index (κ3) is 5.28. The smallest absolute Gasteiger partial charge is 0.254 e. The van der Waals surface area contributed by atoms with Crippen LogP contribution in [0.5, 0.6) is 0 Å². The number of thiophene rings is 1. The molecule has 0 radical (unpaired) electrons. The number of nitrogens with one attached hydrogen (secondary N) is 1. The topological polar surface area (TPSA) is 75.7 Å². The molecule has 0 atom stereocenters. The minimum atomic E-state index is -3.70. The molecular weight excluding hydrogens is 396 g/mol. The van der Waals surface area contributed by atoms with Crippen LogP contribution in [-0.2, 0) is 21.3 Å². The third-order valence-corrected chi connectivity index (χ3v) is 6.39. The first-order valence-corrected chi connectivity index (χ1v) is 10.5. The summed E-state index contributed by atoms with van der Waals surface area (Å²) in [6.45, 7) is 2.61. The quantitative estimate of drug-likeness (QED) is 0.671. The largest absolute Gasteiger partial charge is 0.383 e. The summed E-state index contributed by atoms with van der Waals surface area (Å²) in [4.78, 5) is 15.3. The molecule has 142 valence electrons. The van der Waals surface area contributed by atoms with E-state index in [0.717, 1.165) is 4.88 Å². The van der Waals surface area contributed by atoms with Crippen LogP contribution in [0.15, 0.2) is 35.2 Å². The van der Waals surface area contributed by atoms with Gasteiger partial charge in [0.1, 0.15) is 0 Å². The van der Waals surface area contributed by atoms with Crippen LogP contribution >= 0.6 is 22.9 Å². The van der Waals surface area contributed by atoms with Crippen LogP contribution in [0.4, 0.5) is 0 Å². The summed E-state index contributed by atoms with van der Waals surface area (Å²) in [5, 5.41) is 0. The maximum Gasteiger partial charge on any atom is 0.254 e. The number of hydrogen-bond acceptors (Lipinski definition) is 5. The number of sulfonamides is 1. The molecule has 1 heterocycles. The van der Waals surface area contributed by atoms with Crippen molar-refractivity contribution in [2.45, 2.75) is 18.4 Å². The minimum absolute atomic E-state index is 0.0510. The van der Waals surface area contributed by atoms with E-state index in [-0.39, 0.29) is 24.0 Å². The molecule has 0 unspecified atom stereocenters. The molecule has 0 saturated heterocycles. The molecule has 1 amide bonds. The first-order valence-electron chi connectivity index (χ1n) is 7.83. The zero-order chi connectivity index (χ0) is 19.3. The number of carbonyl (C=O) groups excluding carboxylic acids is 1. The molecule has 1 N–H and O–H groups in total. The summed E-state index contributed by atoms with van der Waals surface area (Å²) in [6, 6.07) is 8.17. The van der Waals surface area contributed by atoms with Crippen LogP contribution in [0.1, 0.15) is 20.8 Å². The Morgan fingerprint density at radius 3 is 2.65 bits per heavy atom. The lowest BCUT2D eigenvalue weighted by molar-refractivity contribution is 0.0785. The van der Waals surface area contributed by atoms with E-state index in [0.29, 0.717) is 22.0 Å². The van der Waals surface area contributed by atoms with Crippen molar-refractivity contribution in [3.8, 4) is 0 Å². The van der Waals surface area contributed by atoms with E-state index in [9.17, 15) is 13.2 Å².